The quantitative estimate of drug-likeness (QED) is 0.300. The number of amides is 2. The minimum Gasteiger partial charge on any atom is -0.507 e. The molecule has 2 aliphatic rings. The molecule has 6 atom stereocenters. The maximum absolute atomic E-state index is 13.1. The second-order valence-electron chi connectivity index (χ2n) is 9.79. The van der Waals surface area contributed by atoms with Gasteiger partial charge in [-0.3, -0.25) is 4.79 Å². The zero-order valence-corrected chi connectivity index (χ0v) is 22.8. The van der Waals surface area contributed by atoms with Crippen molar-refractivity contribution in [1.82, 2.24) is 10.6 Å². The van der Waals surface area contributed by atoms with Gasteiger partial charge >= 0.3 is 12.1 Å². The Balaban J connectivity index is 1.54. The van der Waals surface area contributed by atoms with E-state index in [1.165, 1.54) is 19.2 Å². The van der Waals surface area contributed by atoms with Crippen LogP contribution in [0, 0.1) is 20.8 Å². The summed E-state index contributed by atoms with van der Waals surface area (Å²) in [5.74, 6) is -1.18. The fourth-order valence-corrected chi connectivity index (χ4v) is 5.97. The van der Waals surface area contributed by atoms with Gasteiger partial charge in [-0.05, 0) is 56.2 Å². The van der Waals surface area contributed by atoms with Crippen molar-refractivity contribution in [2.24, 2.45) is 0 Å². The van der Waals surface area contributed by atoms with E-state index in [0.29, 0.717) is 16.0 Å². The van der Waals surface area contributed by atoms with E-state index in [4.69, 9.17) is 14.2 Å². The first-order chi connectivity index (χ1) is 18.4. The smallest absolute Gasteiger partial charge is 0.407 e. The fraction of sp³-hybridized carbons (Fsp3) is 0.444. The molecule has 39 heavy (non-hydrogen) atoms. The Kier molecular flexibility index (Phi) is 8.40. The summed E-state index contributed by atoms with van der Waals surface area (Å²) in [4.78, 5) is 36.9. The Morgan fingerprint density at radius 2 is 1.82 bits per heavy atom. The Hall–Kier alpha value is -3.32. The first kappa shape index (κ1) is 28.7. The summed E-state index contributed by atoms with van der Waals surface area (Å²) in [6.45, 7) is 4.89. The zero-order chi connectivity index (χ0) is 28.5. The van der Waals surface area contributed by atoms with Crippen molar-refractivity contribution in [2.45, 2.75) is 67.5 Å². The summed E-state index contributed by atoms with van der Waals surface area (Å²) in [5, 5.41) is 37.1. The molecule has 210 valence electrons. The number of esters is 1. The Morgan fingerprint density at radius 3 is 2.44 bits per heavy atom. The summed E-state index contributed by atoms with van der Waals surface area (Å²) in [6.07, 6.45) is -6.10. The van der Waals surface area contributed by atoms with Gasteiger partial charge in [-0.1, -0.05) is 29.5 Å². The number of phenolic OH excluding ortho intramolecular Hbond substituents is 1. The van der Waals surface area contributed by atoms with Gasteiger partial charge in [0.25, 0.3) is 5.91 Å². The van der Waals surface area contributed by atoms with Gasteiger partial charge in [0.15, 0.2) is 0 Å². The number of aliphatic hydroxyl groups is 2. The first-order valence-electron chi connectivity index (χ1n) is 12.4. The number of fused-ring (bicyclic) bond motifs is 1. The third-order valence-electron chi connectivity index (χ3n) is 6.85. The van der Waals surface area contributed by atoms with Gasteiger partial charge in [-0.2, -0.15) is 0 Å². The number of aromatic hydroxyl groups is 1. The highest BCUT2D eigenvalue weighted by atomic mass is 32.2. The van der Waals surface area contributed by atoms with Gasteiger partial charge in [0.1, 0.15) is 24.1 Å². The molecule has 12 heteroatoms. The van der Waals surface area contributed by atoms with Crippen molar-refractivity contribution in [3.05, 3.63) is 58.7 Å². The van der Waals surface area contributed by atoms with E-state index in [0.717, 1.165) is 17.3 Å². The number of carbonyl (C=O) groups is 3. The van der Waals surface area contributed by atoms with E-state index in [9.17, 15) is 29.7 Å². The van der Waals surface area contributed by atoms with Crippen molar-refractivity contribution in [1.29, 1.82) is 0 Å². The van der Waals surface area contributed by atoms with Crippen molar-refractivity contribution in [3.63, 3.8) is 0 Å². The molecule has 0 aliphatic carbocycles. The van der Waals surface area contributed by atoms with Crippen molar-refractivity contribution in [3.8, 4) is 5.75 Å². The molecule has 0 saturated carbocycles. The lowest BCUT2D eigenvalue weighted by Gasteiger charge is -2.44. The second kappa shape index (κ2) is 11.4. The molecule has 11 nitrogen and oxygen atoms in total. The summed E-state index contributed by atoms with van der Waals surface area (Å²) in [7, 11) is 1.21. The predicted octanol–water partition coefficient (Wildman–Crippen LogP) is 1.70. The van der Waals surface area contributed by atoms with Crippen molar-refractivity contribution in [2.75, 3.05) is 13.7 Å². The largest absolute Gasteiger partial charge is 0.507 e. The molecule has 2 fully saturated rings. The van der Waals surface area contributed by atoms with E-state index in [1.54, 1.807) is 13.8 Å². The van der Waals surface area contributed by atoms with Gasteiger partial charge in [0, 0.05) is 23.4 Å². The molecule has 0 spiro atoms. The molecule has 0 aromatic heterocycles. The number of aliphatic hydroxyl groups excluding tert-OH is 2. The standard InChI is InChI=1S/C27H32N2O9S/c1-13-5-7-17(8-6-13)39-27(25(34)36-4)11-19-20(29-26(35)37-19)23(38-27)22(32)18(30)12-28-24(33)16-9-14(2)21(31)15(3)10-16/h5-10,18-20,22-23,30-32H,11-12H2,1-4H3,(H,28,33)(H,29,35)/t18-,19+,20-,22-,23-,27+/m1/s1. The molecule has 4 rings (SSSR count). The van der Waals surface area contributed by atoms with Crippen LogP contribution >= 0.6 is 11.8 Å². The minimum absolute atomic E-state index is 0.0583. The minimum atomic E-state index is -1.69. The van der Waals surface area contributed by atoms with Crippen molar-refractivity contribution < 1.29 is 43.9 Å². The number of aryl methyl sites for hydroxylation is 3. The summed E-state index contributed by atoms with van der Waals surface area (Å²) in [5.41, 5.74) is 2.32. The number of benzene rings is 2. The number of carbonyl (C=O) groups excluding carboxylic acids is 3. The summed E-state index contributed by atoms with van der Waals surface area (Å²) >= 11 is 1.06. The number of ether oxygens (including phenoxy) is 3. The lowest BCUT2D eigenvalue weighted by atomic mass is 9.90. The molecule has 0 unspecified atom stereocenters. The lowest BCUT2D eigenvalue weighted by molar-refractivity contribution is -0.196. The number of phenols is 1. The van der Waals surface area contributed by atoms with E-state index in [-0.39, 0.29) is 24.3 Å². The third kappa shape index (κ3) is 5.98. The van der Waals surface area contributed by atoms with E-state index >= 15 is 0 Å². The number of hydrogen-bond acceptors (Lipinski definition) is 10. The van der Waals surface area contributed by atoms with Gasteiger partial charge in [-0.25, -0.2) is 9.59 Å². The highest BCUT2D eigenvalue weighted by molar-refractivity contribution is 8.01. The molecular weight excluding hydrogens is 528 g/mol. The second-order valence-corrected chi connectivity index (χ2v) is 11.1. The topological polar surface area (TPSA) is 164 Å². The Morgan fingerprint density at radius 1 is 1.18 bits per heavy atom. The van der Waals surface area contributed by atoms with Crippen LogP contribution in [0.1, 0.15) is 33.5 Å². The highest BCUT2D eigenvalue weighted by Gasteiger charge is 2.59. The zero-order valence-electron chi connectivity index (χ0n) is 22.0. The normalized spacial score (nSPS) is 25.6. The van der Waals surface area contributed by atoms with Crippen LogP contribution in [-0.2, 0) is 19.0 Å². The maximum Gasteiger partial charge on any atom is 0.407 e. The van der Waals surface area contributed by atoms with E-state index < -0.39 is 53.4 Å². The molecular formula is C27H32N2O9S. The number of hydrogen-bond donors (Lipinski definition) is 5. The van der Waals surface area contributed by atoms with Crippen LogP contribution < -0.4 is 10.6 Å². The van der Waals surface area contributed by atoms with Crippen LogP contribution in [0.2, 0.25) is 0 Å². The van der Waals surface area contributed by atoms with Crippen LogP contribution in [0.3, 0.4) is 0 Å². The Bertz CT molecular complexity index is 1230. The van der Waals surface area contributed by atoms with Crippen LogP contribution in [0.5, 0.6) is 5.75 Å². The van der Waals surface area contributed by atoms with Gasteiger partial charge in [0.05, 0.1) is 19.3 Å². The summed E-state index contributed by atoms with van der Waals surface area (Å²) < 4.78 is 16.6. The molecule has 2 heterocycles. The molecule has 0 bridgehead atoms. The molecule has 0 radical (unpaired) electrons. The first-order valence-corrected chi connectivity index (χ1v) is 13.2. The highest BCUT2D eigenvalue weighted by Crippen LogP contribution is 2.46. The van der Waals surface area contributed by atoms with Crippen molar-refractivity contribution >= 4 is 29.7 Å². The van der Waals surface area contributed by atoms with Gasteiger partial charge in [0.2, 0.25) is 4.93 Å². The fourth-order valence-electron chi connectivity index (χ4n) is 4.74. The average molecular weight is 561 g/mol. The number of thioether (sulfide) groups is 1. The van der Waals surface area contributed by atoms with Crippen LogP contribution in [-0.4, -0.2) is 82.3 Å². The monoisotopic (exact) mass is 560 g/mol. The third-order valence-corrected chi connectivity index (χ3v) is 8.12. The predicted molar refractivity (Wildman–Crippen MR) is 140 cm³/mol. The van der Waals surface area contributed by atoms with Crippen LogP contribution in [0.25, 0.3) is 0 Å². The molecule has 5 N–H and O–H groups in total. The molecule has 2 aromatic rings. The number of rotatable bonds is 8. The maximum atomic E-state index is 13.1. The van der Waals surface area contributed by atoms with Gasteiger partial charge in [-0.15, -0.1) is 0 Å². The summed E-state index contributed by atoms with van der Waals surface area (Å²) in [6, 6.07) is 9.50. The lowest BCUT2D eigenvalue weighted by Crippen LogP contribution is -2.64. The number of methoxy groups -OCH3 is 1. The molecule has 2 aromatic carbocycles. The molecule has 2 aliphatic heterocycles. The number of nitrogens with one attached hydrogen (secondary N) is 2. The molecule has 2 saturated heterocycles. The Labute approximate surface area is 229 Å². The van der Waals surface area contributed by atoms with E-state index in [1.807, 2.05) is 31.2 Å². The SMILES string of the molecule is COC(=O)[C@@]1(Sc2ccc(C)cc2)C[C@@H]2OC(=O)N[C@H]2[C@H]([C@H](O)[C@H](O)CNC(=O)c2cc(C)c(O)c(C)c2)O1. The van der Waals surface area contributed by atoms with Crippen LogP contribution in [0.15, 0.2) is 41.3 Å². The van der Waals surface area contributed by atoms with E-state index in [2.05, 4.69) is 10.6 Å². The average Bonchev–Trinajstić information content (AvgIpc) is 3.29. The number of alkyl carbamates (subject to hydrolysis) is 1. The van der Waals surface area contributed by atoms with Gasteiger partial charge < -0.3 is 40.2 Å². The molecule has 2 amide bonds. The van der Waals surface area contributed by atoms with Crippen LogP contribution in [0.4, 0.5) is 4.79 Å².